The number of aliphatic hydroxyl groups is 1. The summed E-state index contributed by atoms with van der Waals surface area (Å²) in [6.45, 7) is -0.0121. The second-order valence-corrected chi connectivity index (χ2v) is 3.64. The van der Waals surface area contributed by atoms with E-state index in [0.717, 1.165) is 5.56 Å². The number of benzene rings is 1. The van der Waals surface area contributed by atoms with Crippen LogP contribution < -0.4 is 10.5 Å². The van der Waals surface area contributed by atoms with Crippen LogP contribution in [0.5, 0.6) is 11.6 Å². The van der Waals surface area contributed by atoms with Gasteiger partial charge >= 0.3 is 0 Å². The van der Waals surface area contributed by atoms with Crippen molar-refractivity contribution in [3.05, 3.63) is 41.3 Å². The first-order valence-corrected chi connectivity index (χ1v) is 5.22. The number of anilines is 1. The average Bonchev–Trinajstić information content (AvgIpc) is 2.35. The Kier molecular flexibility index (Phi) is 3.41. The number of aliphatic hydroxyl groups excluding tert-OH is 1. The van der Waals surface area contributed by atoms with E-state index >= 15 is 0 Å². The van der Waals surface area contributed by atoms with Gasteiger partial charge in [0.25, 0.3) is 0 Å². The van der Waals surface area contributed by atoms with Crippen LogP contribution >= 0.6 is 11.6 Å². The minimum absolute atomic E-state index is 0.0121. The Morgan fingerprint density at radius 2 is 2.00 bits per heavy atom. The van der Waals surface area contributed by atoms with Crippen molar-refractivity contribution in [2.75, 3.05) is 5.73 Å². The Bertz CT molecular complexity index is 517. The maximum atomic E-state index is 8.90. The van der Waals surface area contributed by atoms with Gasteiger partial charge in [0.15, 0.2) is 0 Å². The van der Waals surface area contributed by atoms with Crippen LogP contribution in [0.2, 0.25) is 5.28 Å². The number of halogens is 1. The molecule has 3 N–H and O–H groups in total. The van der Waals surface area contributed by atoms with Crippen LogP contribution in [0, 0.1) is 0 Å². The fourth-order valence-corrected chi connectivity index (χ4v) is 1.34. The maximum Gasteiger partial charge on any atom is 0.247 e. The van der Waals surface area contributed by atoms with Crippen molar-refractivity contribution in [2.24, 2.45) is 0 Å². The molecule has 0 aliphatic heterocycles. The van der Waals surface area contributed by atoms with Gasteiger partial charge in [-0.2, -0.15) is 4.98 Å². The third-order valence-corrected chi connectivity index (χ3v) is 2.25. The largest absolute Gasteiger partial charge is 0.437 e. The Morgan fingerprint density at radius 1 is 1.29 bits per heavy atom. The van der Waals surface area contributed by atoms with Gasteiger partial charge in [-0.25, -0.2) is 4.98 Å². The van der Waals surface area contributed by atoms with E-state index in [4.69, 9.17) is 27.2 Å². The van der Waals surface area contributed by atoms with Crippen LogP contribution in [-0.4, -0.2) is 15.1 Å². The third kappa shape index (κ3) is 2.83. The summed E-state index contributed by atoms with van der Waals surface area (Å²) < 4.78 is 5.45. The molecule has 0 fully saturated rings. The van der Waals surface area contributed by atoms with E-state index in [1.54, 1.807) is 24.3 Å². The predicted molar refractivity (Wildman–Crippen MR) is 63.9 cm³/mol. The maximum absolute atomic E-state index is 8.90. The van der Waals surface area contributed by atoms with E-state index in [1.807, 2.05) is 0 Å². The monoisotopic (exact) mass is 251 g/mol. The topological polar surface area (TPSA) is 81.3 Å². The summed E-state index contributed by atoms with van der Waals surface area (Å²) in [6, 6.07) is 6.91. The lowest BCUT2D eigenvalue weighted by atomic mass is 10.2. The highest BCUT2D eigenvalue weighted by molar-refractivity contribution is 6.28. The van der Waals surface area contributed by atoms with Crippen molar-refractivity contribution in [2.45, 2.75) is 6.61 Å². The lowest BCUT2D eigenvalue weighted by Crippen LogP contribution is -1.97. The number of ether oxygens (including phenoxy) is 1. The SMILES string of the molecule is Nc1cnc(Cl)nc1Oc1ccc(CO)cc1. The first-order chi connectivity index (χ1) is 8.19. The lowest BCUT2D eigenvalue weighted by Gasteiger charge is -2.07. The third-order valence-electron chi connectivity index (χ3n) is 2.07. The average molecular weight is 252 g/mol. The number of hydrogen-bond donors (Lipinski definition) is 2. The summed E-state index contributed by atoms with van der Waals surface area (Å²) in [7, 11) is 0. The molecule has 5 nitrogen and oxygen atoms in total. The molecule has 2 rings (SSSR count). The highest BCUT2D eigenvalue weighted by Crippen LogP contribution is 2.25. The molecule has 0 bridgehead atoms. The van der Waals surface area contributed by atoms with Crippen LogP contribution in [0.3, 0.4) is 0 Å². The van der Waals surface area contributed by atoms with E-state index < -0.39 is 0 Å². The summed E-state index contributed by atoms with van der Waals surface area (Å²) >= 11 is 5.64. The van der Waals surface area contributed by atoms with E-state index in [1.165, 1.54) is 6.20 Å². The van der Waals surface area contributed by atoms with Crippen molar-refractivity contribution in [3.8, 4) is 11.6 Å². The number of nitrogen functional groups attached to an aromatic ring is 1. The van der Waals surface area contributed by atoms with Crippen molar-refractivity contribution < 1.29 is 9.84 Å². The smallest absolute Gasteiger partial charge is 0.247 e. The number of nitrogens with zero attached hydrogens (tertiary/aromatic N) is 2. The molecule has 1 heterocycles. The van der Waals surface area contributed by atoms with Gasteiger partial charge in [0.05, 0.1) is 12.8 Å². The molecule has 0 saturated heterocycles. The molecule has 0 atom stereocenters. The molecule has 0 aliphatic carbocycles. The zero-order valence-electron chi connectivity index (χ0n) is 8.80. The number of nitrogens with two attached hydrogens (primary N) is 1. The summed E-state index contributed by atoms with van der Waals surface area (Å²) in [5.41, 5.74) is 6.75. The first kappa shape index (κ1) is 11.6. The highest BCUT2D eigenvalue weighted by atomic mass is 35.5. The van der Waals surface area contributed by atoms with Gasteiger partial charge in [-0.05, 0) is 29.3 Å². The van der Waals surface area contributed by atoms with Crippen LogP contribution in [0.4, 0.5) is 5.69 Å². The van der Waals surface area contributed by atoms with E-state index in [2.05, 4.69) is 9.97 Å². The number of rotatable bonds is 3. The predicted octanol–water partition coefficient (Wildman–Crippen LogP) is 2.00. The van der Waals surface area contributed by atoms with Crippen LogP contribution in [0.15, 0.2) is 30.5 Å². The Morgan fingerprint density at radius 3 is 2.65 bits per heavy atom. The number of hydrogen-bond acceptors (Lipinski definition) is 5. The summed E-state index contributed by atoms with van der Waals surface area (Å²) in [6.07, 6.45) is 1.38. The standard InChI is InChI=1S/C11H10ClN3O2/c12-11-14-5-9(13)10(15-11)17-8-3-1-7(6-16)2-4-8/h1-5,16H,6,13H2. The molecule has 0 amide bonds. The fraction of sp³-hybridized carbons (Fsp3) is 0.0909. The molecule has 0 saturated carbocycles. The summed E-state index contributed by atoms with van der Waals surface area (Å²) in [5, 5.41) is 8.97. The fourth-order valence-electron chi connectivity index (χ4n) is 1.21. The zero-order chi connectivity index (χ0) is 12.3. The second-order valence-electron chi connectivity index (χ2n) is 3.30. The van der Waals surface area contributed by atoms with E-state index in [9.17, 15) is 0 Å². The molecule has 88 valence electrons. The minimum Gasteiger partial charge on any atom is -0.437 e. The normalized spacial score (nSPS) is 10.2. The molecule has 1 aromatic heterocycles. The van der Waals surface area contributed by atoms with Gasteiger partial charge in [0, 0.05) is 0 Å². The van der Waals surface area contributed by atoms with Crippen molar-refractivity contribution in [1.82, 2.24) is 9.97 Å². The lowest BCUT2D eigenvalue weighted by molar-refractivity contribution is 0.281. The Hall–Kier alpha value is -1.85. The van der Waals surface area contributed by atoms with Gasteiger partial charge in [0.1, 0.15) is 11.4 Å². The zero-order valence-corrected chi connectivity index (χ0v) is 9.55. The molecule has 17 heavy (non-hydrogen) atoms. The molecule has 6 heteroatoms. The quantitative estimate of drug-likeness (QED) is 0.816. The molecular formula is C11H10ClN3O2. The molecule has 1 aromatic carbocycles. The molecule has 0 radical (unpaired) electrons. The number of aromatic nitrogens is 2. The van der Waals surface area contributed by atoms with E-state index in [0.29, 0.717) is 11.4 Å². The van der Waals surface area contributed by atoms with Gasteiger partial charge in [0.2, 0.25) is 11.2 Å². The van der Waals surface area contributed by atoms with Crippen molar-refractivity contribution in [1.29, 1.82) is 0 Å². The molecular weight excluding hydrogens is 242 g/mol. The van der Waals surface area contributed by atoms with Crippen LogP contribution in [-0.2, 0) is 6.61 Å². The van der Waals surface area contributed by atoms with Gasteiger partial charge < -0.3 is 15.6 Å². The van der Waals surface area contributed by atoms with Crippen LogP contribution in [0.25, 0.3) is 0 Å². The van der Waals surface area contributed by atoms with Gasteiger partial charge in [-0.1, -0.05) is 12.1 Å². The molecule has 0 spiro atoms. The molecule has 0 unspecified atom stereocenters. The Labute approximate surface area is 103 Å². The van der Waals surface area contributed by atoms with Crippen molar-refractivity contribution >= 4 is 17.3 Å². The van der Waals surface area contributed by atoms with Crippen molar-refractivity contribution in [3.63, 3.8) is 0 Å². The summed E-state index contributed by atoms with van der Waals surface area (Å²) in [4.78, 5) is 7.59. The van der Waals surface area contributed by atoms with E-state index in [-0.39, 0.29) is 17.8 Å². The highest BCUT2D eigenvalue weighted by Gasteiger charge is 2.05. The Balaban J connectivity index is 2.22. The first-order valence-electron chi connectivity index (χ1n) is 4.84. The summed E-state index contributed by atoms with van der Waals surface area (Å²) in [5.74, 6) is 0.769. The van der Waals surface area contributed by atoms with Gasteiger partial charge in [-0.15, -0.1) is 0 Å². The molecule has 2 aromatic rings. The second kappa shape index (κ2) is 4.99. The van der Waals surface area contributed by atoms with Crippen LogP contribution in [0.1, 0.15) is 5.56 Å². The van der Waals surface area contributed by atoms with Gasteiger partial charge in [-0.3, -0.25) is 0 Å². The minimum atomic E-state index is -0.0121. The molecule has 0 aliphatic rings.